The van der Waals surface area contributed by atoms with E-state index in [0.29, 0.717) is 27.9 Å². The zero-order valence-corrected chi connectivity index (χ0v) is 13.5. The quantitative estimate of drug-likeness (QED) is 0.468. The fraction of sp³-hybridized carbons (Fsp3) is 0.0526. The van der Waals surface area contributed by atoms with Crippen LogP contribution in [0.5, 0.6) is 5.75 Å². The fourth-order valence-corrected chi connectivity index (χ4v) is 3.13. The van der Waals surface area contributed by atoms with Crippen LogP contribution in [0, 0.1) is 5.82 Å². The summed E-state index contributed by atoms with van der Waals surface area (Å²) in [6, 6.07) is 16.4. The van der Waals surface area contributed by atoms with Gasteiger partial charge in [-0.2, -0.15) is 0 Å². The Balaban J connectivity index is 2.14. The van der Waals surface area contributed by atoms with Gasteiger partial charge in [0.1, 0.15) is 11.6 Å². The van der Waals surface area contributed by atoms with Crippen LogP contribution in [-0.2, 0) is 0 Å². The number of aromatic nitrogens is 2. The van der Waals surface area contributed by atoms with Crippen molar-refractivity contribution >= 4 is 33.3 Å². The van der Waals surface area contributed by atoms with E-state index < -0.39 is 5.82 Å². The maximum absolute atomic E-state index is 14.4. The molecule has 3 nitrogen and oxygen atoms in total. The molecule has 0 saturated heterocycles. The largest absolute Gasteiger partial charge is 0.495 e. The molecule has 0 amide bonds. The Morgan fingerprint density at radius 2 is 1.79 bits per heavy atom. The number of hydrogen-bond acceptors (Lipinski definition) is 3. The van der Waals surface area contributed by atoms with E-state index in [4.69, 9.17) is 16.3 Å². The third kappa shape index (κ3) is 2.27. The van der Waals surface area contributed by atoms with Crippen molar-refractivity contribution in [1.29, 1.82) is 0 Å². The van der Waals surface area contributed by atoms with Gasteiger partial charge in [-0.3, -0.25) is 0 Å². The Labute approximate surface area is 142 Å². The maximum atomic E-state index is 14.4. The maximum Gasteiger partial charge on any atom is 0.223 e. The molecule has 3 aromatic carbocycles. The van der Waals surface area contributed by atoms with Crippen LogP contribution in [0.15, 0.2) is 54.6 Å². The molecule has 5 heteroatoms. The molecule has 4 rings (SSSR count). The van der Waals surface area contributed by atoms with E-state index >= 15 is 0 Å². The molecule has 0 aliphatic carbocycles. The lowest BCUT2D eigenvalue weighted by Gasteiger charge is -2.13. The van der Waals surface area contributed by atoms with Crippen molar-refractivity contribution in [3.8, 4) is 17.0 Å². The summed E-state index contributed by atoms with van der Waals surface area (Å²) in [4.78, 5) is 8.40. The van der Waals surface area contributed by atoms with E-state index in [9.17, 15) is 4.39 Å². The molecule has 0 radical (unpaired) electrons. The average Bonchev–Trinajstić information content (AvgIpc) is 2.60. The highest BCUT2D eigenvalue weighted by atomic mass is 35.5. The van der Waals surface area contributed by atoms with Gasteiger partial charge in [-0.25, -0.2) is 14.4 Å². The third-order valence-electron chi connectivity index (χ3n) is 3.98. The summed E-state index contributed by atoms with van der Waals surface area (Å²) >= 11 is 6.05. The molecule has 24 heavy (non-hydrogen) atoms. The predicted octanol–water partition coefficient (Wildman–Crippen LogP) is 5.25. The zero-order valence-electron chi connectivity index (χ0n) is 12.8. The highest BCUT2D eigenvalue weighted by Gasteiger charge is 2.18. The van der Waals surface area contributed by atoms with Crippen LogP contribution in [0.2, 0.25) is 5.28 Å². The topological polar surface area (TPSA) is 35.0 Å². The average molecular weight is 339 g/mol. The van der Waals surface area contributed by atoms with Gasteiger partial charge in [-0.05, 0) is 35.2 Å². The summed E-state index contributed by atoms with van der Waals surface area (Å²) in [5.41, 5.74) is 1.56. The molecule has 0 saturated carbocycles. The first-order valence-electron chi connectivity index (χ1n) is 7.37. The molecule has 1 aromatic heterocycles. The molecule has 0 atom stereocenters. The minimum Gasteiger partial charge on any atom is -0.495 e. The second-order valence-electron chi connectivity index (χ2n) is 5.34. The Bertz CT molecular complexity index is 1080. The molecule has 0 aliphatic heterocycles. The molecule has 0 fully saturated rings. The van der Waals surface area contributed by atoms with Gasteiger partial charge in [0.05, 0.1) is 23.7 Å². The number of benzene rings is 3. The highest BCUT2D eigenvalue weighted by Crippen LogP contribution is 2.39. The summed E-state index contributed by atoms with van der Waals surface area (Å²) in [5.74, 6) is 0.238. The molecule has 4 aromatic rings. The van der Waals surface area contributed by atoms with Crippen LogP contribution in [0.3, 0.4) is 0 Å². The smallest absolute Gasteiger partial charge is 0.223 e. The van der Waals surface area contributed by atoms with Crippen LogP contribution in [0.1, 0.15) is 0 Å². The van der Waals surface area contributed by atoms with E-state index in [1.54, 1.807) is 19.2 Å². The van der Waals surface area contributed by atoms with Crippen molar-refractivity contribution in [2.24, 2.45) is 0 Å². The standard InChI is InChI=1S/C19H12ClFN2O/c1-24-18-12-6-3-2-5-11(12)9-10-13(18)17-16-14(21)7-4-8-15(16)22-19(20)23-17/h2-10H,1H3. The molecule has 1 heterocycles. The molecule has 0 bridgehead atoms. The van der Waals surface area contributed by atoms with Gasteiger partial charge in [-0.1, -0.05) is 36.4 Å². The van der Waals surface area contributed by atoms with Crippen LogP contribution in [0.25, 0.3) is 32.9 Å². The number of fused-ring (bicyclic) bond motifs is 2. The summed E-state index contributed by atoms with van der Waals surface area (Å²) in [7, 11) is 1.59. The number of nitrogens with zero attached hydrogens (tertiary/aromatic N) is 2. The summed E-state index contributed by atoms with van der Waals surface area (Å²) in [6.45, 7) is 0. The fourth-order valence-electron chi connectivity index (χ4n) is 2.96. The Kier molecular flexibility index (Phi) is 3.54. The van der Waals surface area contributed by atoms with Crippen molar-refractivity contribution in [1.82, 2.24) is 9.97 Å². The molecular formula is C19H12ClFN2O. The van der Waals surface area contributed by atoms with Crippen molar-refractivity contribution in [2.75, 3.05) is 7.11 Å². The van der Waals surface area contributed by atoms with Gasteiger partial charge in [0.25, 0.3) is 0 Å². The third-order valence-corrected chi connectivity index (χ3v) is 4.15. The monoisotopic (exact) mass is 338 g/mol. The van der Waals surface area contributed by atoms with Crippen molar-refractivity contribution in [2.45, 2.75) is 0 Å². The van der Waals surface area contributed by atoms with E-state index in [0.717, 1.165) is 10.8 Å². The van der Waals surface area contributed by atoms with E-state index in [1.165, 1.54) is 6.07 Å². The van der Waals surface area contributed by atoms with Gasteiger partial charge in [0.2, 0.25) is 5.28 Å². The minimum absolute atomic E-state index is 0.0679. The molecular weight excluding hydrogens is 327 g/mol. The minimum atomic E-state index is -0.394. The van der Waals surface area contributed by atoms with Gasteiger partial charge >= 0.3 is 0 Å². The number of ether oxygens (including phenoxy) is 1. The Morgan fingerprint density at radius 3 is 2.62 bits per heavy atom. The van der Waals surface area contributed by atoms with Crippen LogP contribution in [-0.4, -0.2) is 17.1 Å². The van der Waals surface area contributed by atoms with E-state index in [-0.39, 0.29) is 5.28 Å². The van der Waals surface area contributed by atoms with E-state index in [2.05, 4.69) is 9.97 Å². The van der Waals surface area contributed by atoms with Gasteiger partial charge < -0.3 is 4.74 Å². The normalized spacial score (nSPS) is 11.1. The van der Waals surface area contributed by atoms with E-state index in [1.807, 2.05) is 36.4 Å². The summed E-state index contributed by atoms with van der Waals surface area (Å²) < 4.78 is 20.1. The SMILES string of the molecule is COc1c(-c2nc(Cl)nc3cccc(F)c23)ccc2ccccc12. The van der Waals surface area contributed by atoms with Gasteiger partial charge in [0, 0.05) is 10.9 Å². The first-order valence-corrected chi connectivity index (χ1v) is 7.74. The van der Waals surface area contributed by atoms with Crippen molar-refractivity contribution < 1.29 is 9.13 Å². The first kappa shape index (κ1) is 14.8. The Morgan fingerprint density at radius 1 is 0.958 bits per heavy atom. The van der Waals surface area contributed by atoms with Gasteiger partial charge in [0.15, 0.2) is 0 Å². The second kappa shape index (κ2) is 5.73. The van der Waals surface area contributed by atoms with Crippen molar-refractivity contribution in [3.63, 3.8) is 0 Å². The summed E-state index contributed by atoms with van der Waals surface area (Å²) in [6.07, 6.45) is 0. The second-order valence-corrected chi connectivity index (χ2v) is 5.68. The molecule has 118 valence electrons. The highest BCUT2D eigenvalue weighted by molar-refractivity contribution is 6.29. The van der Waals surface area contributed by atoms with Crippen molar-refractivity contribution in [3.05, 3.63) is 65.7 Å². The summed E-state index contributed by atoms with van der Waals surface area (Å²) in [5, 5.41) is 2.36. The number of hydrogen-bond donors (Lipinski definition) is 0. The number of rotatable bonds is 2. The molecule has 0 spiro atoms. The first-order chi connectivity index (χ1) is 11.7. The number of halogens is 2. The lowest BCUT2D eigenvalue weighted by Crippen LogP contribution is -1.96. The lowest BCUT2D eigenvalue weighted by atomic mass is 10.0. The predicted molar refractivity (Wildman–Crippen MR) is 94.0 cm³/mol. The molecule has 0 N–H and O–H groups in total. The zero-order chi connectivity index (χ0) is 16.7. The number of methoxy groups -OCH3 is 1. The molecule has 0 unspecified atom stereocenters. The Hall–Kier alpha value is -2.72. The van der Waals surface area contributed by atoms with Crippen LogP contribution < -0.4 is 4.74 Å². The molecule has 0 aliphatic rings. The van der Waals surface area contributed by atoms with Gasteiger partial charge in [-0.15, -0.1) is 0 Å². The van der Waals surface area contributed by atoms with Crippen LogP contribution >= 0.6 is 11.6 Å². The van der Waals surface area contributed by atoms with Crippen LogP contribution in [0.4, 0.5) is 4.39 Å². The lowest BCUT2D eigenvalue weighted by molar-refractivity contribution is 0.421.